The minimum atomic E-state index is -0.269. The van der Waals surface area contributed by atoms with Gasteiger partial charge in [0.05, 0.1) is 18.8 Å². The molecule has 1 aromatic carbocycles. The predicted molar refractivity (Wildman–Crippen MR) is 121 cm³/mol. The summed E-state index contributed by atoms with van der Waals surface area (Å²) in [4.78, 5) is 21.9. The number of aromatic nitrogens is 2. The van der Waals surface area contributed by atoms with E-state index in [1.165, 1.54) is 11.1 Å². The molecule has 1 amide bonds. The van der Waals surface area contributed by atoms with Crippen molar-refractivity contribution in [1.82, 2.24) is 19.9 Å². The van der Waals surface area contributed by atoms with Crippen molar-refractivity contribution < 1.29 is 14.1 Å². The Morgan fingerprint density at radius 3 is 2.75 bits per heavy atom. The lowest BCUT2D eigenvalue weighted by Crippen LogP contribution is -2.43. The van der Waals surface area contributed by atoms with E-state index in [-0.39, 0.29) is 12.0 Å². The van der Waals surface area contributed by atoms with Gasteiger partial charge in [-0.25, -0.2) is 0 Å². The minimum Gasteiger partial charge on any atom is -0.368 e. The Balaban J connectivity index is 1.50. The molecule has 1 saturated heterocycles. The Hall–Kier alpha value is -3.03. The van der Waals surface area contributed by atoms with E-state index >= 15 is 0 Å². The van der Waals surface area contributed by atoms with Gasteiger partial charge in [-0.2, -0.15) is 0 Å². The number of nitrogens with zero attached hydrogens (tertiary/aromatic N) is 4. The molecule has 168 valence electrons. The molecule has 7 nitrogen and oxygen atoms in total. The maximum atomic E-state index is 13.2. The third kappa shape index (κ3) is 4.89. The number of morpholine rings is 1. The summed E-state index contributed by atoms with van der Waals surface area (Å²) in [6.07, 6.45) is 0.497. The fraction of sp³-hybridized carbons (Fsp3) is 0.400. The van der Waals surface area contributed by atoms with E-state index in [9.17, 15) is 4.79 Å². The average molecular weight is 435 g/mol. The zero-order valence-corrected chi connectivity index (χ0v) is 19.2. The van der Waals surface area contributed by atoms with Crippen molar-refractivity contribution in [2.24, 2.45) is 0 Å². The van der Waals surface area contributed by atoms with Crippen LogP contribution < -0.4 is 0 Å². The van der Waals surface area contributed by atoms with Gasteiger partial charge in [-0.15, -0.1) is 0 Å². The second-order valence-corrected chi connectivity index (χ2v) is 8.57. The van der Waals surface area contributed by atoms with Crippen molar-refractivity contribution in [3.63, 3.8) is 0 Å². The molecule has 0 N–H and O–H groups in total. The highest BCUT2D eigenvalue weighted by Gasteiger charge is 2.31. The smallest absolute Gasteiger partial charge is 0.276 e. The number of hydrogen-bond donors (Lipinski definition) is 0. The molecule has 2 aromatic heterocycles. The highest BCUT2D eigenvalue weighted by molar-refractivity contribution is 5.94. The van der Waals surface area contributed by atoms with Crippen LogP contribution in [-0.2, 0) is 17.7 Å². The van der Waals surface area contributed by atoms with E-state index in [0.717, 1.165) is 23.4 Å². The summed E-state index contributed by atoms with van der Waals surface area (Å²) < 4.78 is 11.3. The fourth-order valence-electron chi connectivity index (χ4n) is 4.00. The molecule has 0 saturated carbocycles. The number of carbonyl (C=O) groups excluding carboxylic acids is 1. The zero-order valence-electron chi connectivity index (χ0n) is 19.2. The number of benzene rings is 1. The van der Waals surface area contributed by atoms with Gasteiger partial charge in [0.1, 0.15) is 11.9 Å². The van der Waals surface area contributed by atoms with Gasteiger partial charge in [0.2, 0.25) is 0 Å². The number of pyridine rings is 1. The van der Waals surface area contributed by atoms with E-state index in [1.807, 2.05) is 50.2 Å². The quantitative estimate of drug-likeness (QED) is 0.591. The highest BCUT2D eigenvalue weighted by atomic mass is 16.5. The Labute approximate surface area is 189 Å². The summed E-state index contributed by atoms with van der Waals surface area (Å²) in [5, 5.41) is 4.06. The van der Waals surface area contributed by atoms with Gasteiger partial charge in [0, 0.05) is 30.8 Å². The molecule has 0 unspecified atom stereocenters. The fourth-order valence-corrected chi connectivity index (χ4v) is 4.00. The van der Waals surface area contributed by atoms with Crippen molar-refractivity contribution in [1.29, 1.82) is 0 Å². The number of carbonyl (C=O) groups is 1. The molecule has 3 aromatic rings. The molecular formula is C25H30N4O3. The highest BCUT2D eigenvalue weighted by Crippen LogP contribution is 2.24. The first-order valence-corrected chi connectivity index (χ1v) is 10.9. The van der Waals surface area contributed by atoms with E-state index < -0.39 is 0 Å². The van der Waals surface area contributed by atoms with E-state index in [1.54, 1.807) is 4.90 Å². The predicted octanol–water partition coefficient (Wildman–Crippen LogP) is 3.55. The van der Waals surface area contributed by atoms with Gasteiger partial charge in [-0.05, 0) is 51.2 Å². The van der Waals surface area contributed by atoms with Gasteiger partial charge < -0.3 is 19.1 Å². The molecule has 1 aliphatic heterocycles. The number of hydrogen-bond acceptors (Lipinski definition) is 6. The SMILES string of the molecule is Cc1ccccc1Cc1cccc([C@H]2CN(C(=O)c3noc(C)c3CN(C)C)CCO2)n1. The van der Waals surface area contributed by atoms with Crippen molar-refractivity contribution in [3.8, 4) is 0 Å². The average Bonchev–Trinajstić information content (AvgIpc) is 3.14. The second-order valence-electron chi connectivity index (χ2n) is 8.57. The van der Waals surface area contributed by atoms with Crippen molar-refractivity contribution in [3.05, 3.63) is 82.0 Å². The van der Waals surface area contributed by atoms with Crippen LogP contribution in [0.5, 0.6) is 0 Å². The topological polar surface area (TPSA) is 71.7 Å². The number of amides is 1. The Morgan fingerprint density at radius 1 is 1.16 bits per heavy atom. The van der Waals surface area contributed by atoms with Crippen LogP contribution in [0.4, 0.5) is 0 Å². The van der Waals surface area contributed by atoms with Crippen LogP contribution in [-0.4, -0.2) is 59.6 Å². The van der Waals surface area contributed by atoms with Crippen LogP contribution in [0.25, 0.3) is 0 Å². The molecular weight excluding hydrogens is 404 g/mol. The largest absolute Gasteiger partial charge is 0.368 e. The van der Waals surface area contributed by atoms with Gasteiger partial charge in [-0.1, -0.05) is 35.5 Å². The van der Waals surface area contributed by atoms with E-state index in [4.69, 9.17) is 14.2 Å². The van der Waals surface area contributed by atoms with Crippen molar-refractivity contribution in [2.75, 3.05) is 33.8 Å². The Bertz CT molecular complexity index is 1090. The summed E-state index contributed by atoms with van der Waals surface area (Å²) >= 11 is 0. The molecule has 0 radical (unpaired) electrons. The Kier molecular flexibility index (Phi) is 6.67. The standard InChI is InChI=1S/C25H30N4O3/c1-17-8-5-6-9-19(17)14-20-10-7-11-22(26-20)23-16-29(12-13-31-23)25(30)24-21(15-28(3)4)18(2)32-27-24/h5-11,23H,12-16H2,1-4H3/t23-/m1/s1. The lowest BCUT2D eigenvalue weighted by atomic mass is 10.0. The summed E-state index contributed by atoms with van der Waals surface area (Å²) in [6, 6.07) is 14.4. The van der Waals surface area contributed by atoms with Gasteiger partial charge in [0.25, 0.3) is 5.91 Å². The maximum absolute atomic E-state index is 13.2. The first kappa shape index (κ1) is 22.2. The minimum absolute atomic E-state index is 0.122. The third-order valence-electron chi connectivity index (χ3n) is 5.81. The van der Waals surface area contributed by atoms with Gasteiger partial charge >= 0.3 is 0 Å². The lowest BCUT2D eigenvalue weighted by molar-refractivity contribution is -0.0251. The number of rotatable bonds is 6. The molecule has 0 spiro atoms. The van der Waals surface area contributed by atoms with Crippen LogP contribution in [0.3, 0.4) is 0 Å². The monoisotopic (exact) mass is 434 g/mol. The summed E-state index contributed by atoms with van der Waals surface area (Å²) in [5.74, 6) is 0.556. The van der Waals surface area contributed by atoms with Gasteiger partial charge in [0.15, 0.2) is 5.69 Å². The molecule has 7 heteroatoms. The molecule has 3 heterocycles. The molecule has 32 heavy (non-hydrogen) atoms. The second kappa shape index (κ2) is 9.63. The third-order valence-corrected chi connectivity index (χ3v) is 5.81. The summed E-state index contributed by atoms with van der Waals surface area (Å²) in [5.41, 5.74) is 5.57. The first-order valence-electron chi connectivity index (χ1n) is 10.9. The van der Waals surface area contributed by atoms with Crippen LogP contribution in [0, 0.1) is 13.8 Å². The first-order chi connectivity index (χ1) is 15.4. The van der Waals surface area contributed by atoms with Crippen molar-refractivity contribution >= 4 is 5.91 Å². The van der Waals surface area contributed by atoms with Crippen LogP contribution in [0.15, 0.2) is 47.0 Å². The molecule has 4 rings (SSSR count). The molecule has 1 atom stereocenters. The molecule has 0 aliphatic carbocycles. The molecule has 1 fully saturated rings. The van der Waals surface area contributed by atoms with Crippen LogP contribution in [0.1, 0.15) is 50.4 Å². The molecule has 0 bridgehead atoms. The lowest BCUT2D eigenvalue weighted by Gasteiger charge is -2.32. The van der Waals surface area contributed by atoms with Gasteiger partial charge in [-0.3, -0.25) is 9.78 Å². The Morgan fingerprint density at radius 2 is 1.97 bits per heavy atom. The number of aryl methyl sites for hydroxylation is 2. The van der Waals surface area contributed by atoms with E-state index in [0.29, 0.717) is 37.7 Å². The normalized spacial score (nSPS) is 16.5. The van der Waals surface area contributed by atoms with Crippen LogP contribution >= 0.6 is 0 Å². The van der Waals surface area contributed by atoms with E-state index in [2.05, 4.69) is 30.3 Å². The van der Waals surface area contributed by atoms with Crippen LogP contribution in [0.2, 0.25) is 0 Å². The summed E-state index contributed by atoms with van der Waals surface area (Å²) in [6.45, 7) is 5.98. The molecule has 1 aliphatic rings. The summed E-state index contributed by atoms with van der Waals surface area (Å²) in [7, 11) is 3.92. The number of ether oxygens (including phenoxy) is 1. The van der Waals surface area contributed by atoms with Crippen molar-refractivity contribution in [2.45, 2.75) is 32.9 Å². The zero-order chi connectivity index (χ0) is 22.7. The maximum Gasteiger partial charge on any atom is 0.276 e.